The lowest BCUT2D eigenvalue weighted by Crippen LogP contribution is -2.19. The zero-order chi connectivity index (χ0) is 12.3. The van der Waals surface area contributed by atoms with Crippen LogP contribution < -0.4 is 15.8 Å². The number of rotatable bonds is 4. The second kappa shape index (κ2) is 5.05. The van der Waals surface area contributed by atoms with Crippen LogP contribution in [0.25, 0.3) is 0 Å². The van der Waals surface area contributed by atoms with E-state index in [9.17, 15) is 4.79 Å². The van der Waals surface area contributed by atoms with E-state index in [4.69, 9.17) is 15.2 Å². The Morgan fingerprint density at radius 2 is 2.18 bits per heavy atom. The van der Waals surface area contributed by atoms with E-state index >= 15 is 0 Å². The standard InChI is InChI=1S/C12H16N2O3/c1-16-4-5-17-11-7-10-8(6-9(11)13)2-3-12(15)14-10/h6-7H,2-5,13H2,1H3,(H,14,15). The molecule has 1 heterocycles. The normalized spacial score (nSPS) is 14.1. The molecular formula is C12H16N2O3. The summed E-state index contributed by atoms with van der Waals surface area (Å²) in [6, 6.07) is 3.63. The maximum absolute atomic E-state index is 11.3. The molecule has 0 saturated heterocycles. The van der Waals surface area contributed by atoms with Crippen molar-refractivity contribution in [2.75, 3.05) is 31.4 Å². The van der Waals surface area contributed by atoms with Crippen LogP contribution in [0.1, 0.15) is 12.0 Å². The number of methoxy groups -OCH3 is 1. The van der Waals surface area contributed by atoms with Crippen molar-refractivity contribution in [3.8, 4) is 5.75 Å². The SMILES string of the molecule is COCCOc1cc2c(cc1N)CCC(=O)N2. The number of amides is 1. The van der Waals surface area contributed by atoms with Crippen molar-refractivity contribution >= 4 is 17.3 Å². The number of aryl methyl sites for hydroxylation is 1. The summed E-state index contributed by atoms with van der Waals surface area (Å²) in [6.07, 6.45) is 1.24. The molecule has 0 bridgehead atoms. The zero-order valence-corrected chi connectivity index (χ0v) is 9.79. The minimum atomic E-state index is 0.0325. The number of carbonyl (C=O) groups is 1. The molecule has 0 aromatic heterocycles. The zero-order valence-electron chi connectivity index (χ0n) is 9.79. The first-order valence-electron chi connectivity index (χ1n) is 5.54. The van der Waals surface area contributed by atoms with Gasteiger partial charge in [0.1, 0.15) is 12.4 Å². The van der Waals surface area contributed by atoms with Gasteiger partial charge in [-0.1, -0.05) is 0 Å². The van der Waals surface area contributed by atoms with Gasteiger partial charge in [-0.25, -0.2) is 0 Å². The summed E-state index contributed by atoms with van der Waals surface area (Å²) in [5.74, 6) is 0.619. The van der Waals surface area contributed by atoms with Crippen LogP contribution in [0, 0.1) is 0 Å². The number of hydrogen-bond acceptors (Lipinski definition) is 4. The van der Waals surface area contributed by atoms with Gasteiger partial charge >= 0.3 is 0 Å². The van der Waals surface area contributed by atoms with Crippen molar-refractivity contribution in [1.29, 1.82) is 0 Å². The second-order valence-electron chi connectivity index (χ2n) is 3.94. The molecule has 17 heavy (non-hydrogen) atoms. The Morgan fingerprint density at radius 1 is 1.35 bits per heavy atom. The monoisotopic (exact) mass is 236 g/mol. The number of nitrogen functional groups attached to an aromatic ring is 1. The minimum Gasteiger partial charge on any atom is -0.489 e. The third kappa shape index (κ3) is 2.68. The third-order valence-corrected chi connectivity index (χ3v) is 2.68. The molecule has 0 unspecified atom stereocenters. The average molecular weight is 236 g/mol. The van der Waals surface area contributed by atoms with Gasteiger partial charge in [0.15, 0.2) is 0 Å². The minimum absolute atomic E-state index is 0.0325. The average Bonchev–Trinajstić information content (AvgIpc) is 2.31. The molecule has 0 radical (unpaired) electrons. The summed E-state index contributed by atoms with van der Waals surface area (Å²) < 4.78 is 10.4. The molecule has 1 aromatic carbocycles. The van der Waals surface area contributed by atoms with Crippen LogP contribution in [0.3, 0.4) is 0 Å². The number of nitrogens with one attached hydrogen (secondary N) is 1. The molecule has 5 heteroatoms. The predicted octanol–water partition coefficient (Wildman–Crippen LogP) is 1.18. The van der Waals surface area contributed by atoms with Gasteiger partial charge in [-0.3, -0.25) is 4.79 Å². The first-order valence-corrected chi connectivity index (χ1v) is 5.54. The highest BCUT2D eigenvalue weighted by atomic mass is 16.5. The maximum Gasteiger partial charge on any atom is 0.224 e. The van der Waals surface area contributed by atoms with Crippen molar-refractivity contribution in [3.05, 3.63) is 17.7 Å². The third-order valence-electron chi connectivity index (χ3n) is 2.68. The van der Waals surface area contributed by atoms with Gasteiger partial charge in [0.05, 0.1) is 12.3 Å². The topological polar surface area (TPSA) is 73.6 Å². The van der Waals surface area contributed by atoms with Crippen LogP contribution >= 0.6 is 0 Å². The molecule has 0 aliphatic carbocycles. The highest BCUT2D eigenvalue weighted by molar-refractivity contribution is 5.94. The van der Waals surface area contributed by atoms with Gasteiger partial charge < -0.3 is 20.5 Å². The molecule has 1 aromatic rings. The fourth-order valence-electron chi connectivity index (χ4n) is 1.79. The molecule has 3 N–H and O–H groups in total. The van der Waals surface area contributed by atoms with Crippen LogP contribution in [0.4, 0.5) is 11.4 Å². The summed E-state index contributed by atoms with van der Waals surface area (Å²) >= 11 is 0. The lowest BCUT2D eigenvalue weighted by Gasteiger charge is -2.19. The molecule has 5 nitrogen and oxygen atoms in total. The fourth-order valence-corrected chi connectivity index (χ4v) is 1.79. The number of benzene rings is 1. The van der Waals surface area contributed by atoms with E-state index in [1.54, 1.807) is 13.2 Å². The Balaban J connectivity index is 2.17. The number of fused-ring (bicyclic) bond motifs is 1. The van der Waals surface area contributed by atoms with Crippen LogP contribution in [-0.2, 0) is 16.0 Å². The molecular weight excluding hydrogens is 220 g/mol. The van der Waals surface area contributed by atoms with Crippen molar-refractivity contribution in [2.24, 2.45) is 0 Å². The van der Waals surface area contributed by atoms with E-state index in [1.807, 2.05) is 6.07 Å². The van der Waals surface area contributed by atoms with Crippen molar-refractivity contribution in [2.45, 2.75) is 12.8 Å². The quantitative estimate of drug-likeness (QED) is 0.608. The summed E-state index contributed by atoms with van der Waals surface area (Å²) in [6.45, 7) is 0.941. The smallest absolute Gasteiger partial charge is 0.224 e. The van der Waals surface area contributed by atoms with E-state index in [2.05, 4.69) is 5.32 Å². The summed E-state index contributed by atoms with van der Waals surface area (Å²) in [5.41, 5.74) is 8.33. The first kappa shape index (κ1) is 11.7. The molecule has 0 fully saturated rings. The second-order valence-corrected chi connectivity index (χ2v) is 3.94. The van der Waals surface area contributed by atoms with E-state index < -0.39 is 0 Å². The molecule has 1 aliphatic heterocycles. The highest BCUT2D eigenvalue weighted by Gasteiger charge is 2.17. The molecule has 2 rings (SSSR count). The number of ether oxygens (including phenoxy) is 2. The Hall–Kier alpha value is -1.75. The molecule has 0 atom stereocenters. The van der Waals surface area contributed by atoms with Crippen molar-refractivity contribution < 1.29 is 14.3 Å². The predicted molar refractivity (Wildman–Crippen MR) is 65.2 cm³/mol. The lowest BCUT2D eigenvalue weighted by molar-refractivity contribution is -0.116. The van der Waals surface area contributed by atoms with Gasteiger partial charge in [0.2, 0.25) is 5.91 Å². The van der Waals surface area contributed by atoms with Gasteiger partial charge in [-0.15, -0.1) is 0 Å². The number of nitrogens with two attached hydrogens (primary N) is 1. The first-order chi connectivity index (χ1) is 8.20. The van der Waals surface area contributed by atoms with Crippen LogP contribution in [0.15, 0.2) is 12.1 Å². The van der Waals surface area contributed by atoms with E-state index in [-0.39, 0.29) is 5.91 Å². The van der Waals surface area contributed by atoms with Gasteiger partial charge in [-0.05, 0) is 18.1 Å². The van der Waals surface area contributed by atoms with Crippen LogP contribution in [0.2, 0.25) is 0 Å². The summed E-state index contributed by atoms with van der Waals surface area (Å²) in [5, 5.41) is 2.81. The van der Waals surface area contributed by atoms with E-state index in [0.29, 0.717) is 31.1 Å². The highest BCUT2D eigenvalue weighted by Crippen LogP contribution is 2.32. The molecule has 1 amide bonds. The van der Waals surface area contributed by atoms with Crippen LogP contribution in [-0.4, -0.2) is 26.2 Å². The van der Waals surface area contributed by atoms with Crippen LogP contribution in [0.5, 0.6) is 5.75 Å². The lowest BCUT2D eigenvalue weighted by atomic mass is 10.0. The van der Waals surface area contributed by atoms with Crippen molar-refractivity contribution in [1.82, 2.24) is 0 Å². The molecule has 1 aliphatic rings. The van der Waals surface area contributed by atoms with Gasteiger partial charge in [0.25, 0.3) is 0 Å². The Morgan fingerprint density at radius 3 is 2.94 bits per heavy atom. The summed E-state index contributed by atoms with van der Waals surface area (Å²) in [7, 11) is 1.61. The number of carbonyl (C=O) groups excluding carboxylic acids is 1. The molecule has 0 saturated carbocycles. The fraction of sp³-hybridized carbons (Fsp3) is 0.417. The Kier molecular flexibility index (Phi) is 3.49. The van der Waals surface area contributed by atoms with Gasteiger partial charge in [0, 0.05) is 25.3 Å². The molecule has 0 spiro atoms. The Labute approximate surface area is 99.9 Å². The van der Waals surface area contributed by atoms with E-state index in [1.165, 1.54) is 0 Å². The Bertz CT molecular complexity index is 432. The van der Waals surface area contributed by atoms with E-state index in [0.717, 1.165) is 17.7 Å². The van der Waals surface area contributed by atoms with Crippen molar-refractivity contribution in [3.63, 3.8) is 0 Å². The number of hydrogen-bond donors (Lipinski definition) is 2. The maximum atomic E-state index is 11.3. The van der Waals surface area contributed by atoms with Gasteiger partial charge in [-0.2, -0.15) is 0 Å². The summed E-state index contributed by atoms with van der Waals surface area (Å²) in [4.78, 5) is 11.3. The number of anilines is 2. The molecule has 92 valence electrons. The largest absolute Gasteiger partial charge is 0.489 e.